The molecule has 1 fully saturated rings. The van der Waals surface area contributed by atoms with Crippen molar-refractivity contribution in [1.29, 1.82) is 0 Å². The quantitative estimate of drug-likeness (QED) is 0.871. The number of nitrogens with one attached hydrogen (secondary N) is 1. The lowest BCUT2D eigenvalue weighted by Gasteiger charge is -2.28. The summed E-state index contributed by atoms with van der Waals surface area (Å²) in [4.78, 5) is 12.3. The standard InChI is InChI=1S/C16H23ClN2O3/c1-21-14-9-15(22-2)13(8-11(14)17)19-16(20)7-10-5-3-4-6-12(10)18/h8-10,12H,3-7,18H2,1-2H3,(H,19,20). The minimum absolute atomic E-state index is 0.0677. The van der Waals surface area contributed by atoms with E-state index in [1.165, 1.54) is 14.2 Å². The van der Waals surface area contributed by atoms with E-state index in [9.17, 15) is 4.79 Å². The van der Waals surface area contributed by atoms with Crippen molar-refractivity contribution >= 4 is 23.2 Å². The minimum Gasteiger partial charge on any atom is -0.495 e. The number of halogens is 1. The fraction of sp³-hybridized carbons (Fsp3) is 0.562. The number of hydrogen-bond donors (Lipinski definition) is 2. The van der Waals surface area contributed by atoms with Gasteiger partial charge in [-0.1, -0.05) is 24.4 Å². The van der Waals surface area contributed by atoms with Crippen molar-refractivity contribution in [3.63, 3.8) is 0 Å². The maximum Gasteiger partial charge on any atom is 0.224 e. The van der Waals surface area contributed by atoms with Crippen LogP contribution in [0, 0.1) is 5.92 Å². The van der Waals surface area contributed by atoms with Gasteiger partial charge in [-0.15, -0.1) is 0 Å². The van der Waals surface area contributed by atoms with E-state index in [4.69, 9.17) is 26.8 Å². The van der Waals surface area contributed by atoms with Gasteiger partial charge in [0.05, 0.1) is 24.9 Å². The average Bonchev–Trinajstić information content (AvgIpc) is 2.50. The summed E-state index contributed by atoms with van der Waals surface area (Å²) in [6.45, 7) is 0. The fourth-order valence-corrected chi connectivity index (χ4v) is 3.13. The van der Waals surface area contributed by atoms with Crippen molar-refractivity contribution in [3.05, 3.63) is 17.2 Å². The molecule has 0 heterocycles. The Morgan fingerprint density at radius 2 is 1.95 bits per heavy atom. The molecule has 0 spiro atoms. The van der Waals surface area contributed by atoms with Crippen LogP contribution in [0.3, 0.4) is 0 Å². The van der Waals surface area contributed by atoms with E-state index in [0.29, 0.717) is 28.6 Å². The Bertz CT molecular complexity index is 536. The maximum absolute atomic E-state index is 12.3. The van der Waals surface area contributed by atoms with Gasteiger partial charge in [-0.2, -0.15) is 0 Å². The molecule has 0 radical (unpaired) electrons. The highest BCUT2D eigenvalue weighted by atomic mass is 35.5. The zero-order valence-corrected chi connectivity index (χ0v) is 13.8. The predicted molar refractivity (Wildman–Crippen MR) is 87.7 cm³/mol. The Hall–Kier alpha value is -1.46. The van der Waals surface area contributed by atoms with Crippen LogP contribution in [0.2, 0.25) is 5.02 Å². The number of methoxy groups -OCH3 is 2. The van der Waals surface area contributed by atoms with Crippen molar-refractivity contribution in [2.75, 3.05) is 19.5 Å². The average molecular weight is 327 g/mol. The molecule has 3 N–H and O–H groups in total. The van der Waals surface area contributed by atoms with E-state index in [2.05, 4.69) is 5.32 Å². The van der Waals surface area contributed by atoms with Crippen LogP contribution in [0.5, 0.6) is 11.5 Å². The molecule has 1 aromatic carbocycles. The molecule has 22 heavy (non-hydrogen) atoms. The first-order valence-corrected chi connectivity index (χ1v) is 7.90. The summed E-state index contributed by atoms with van der Waals surface area (Å²) >= 11 is 6.11. The number of benzene rings is 1. The van der Waals surface area contributed by atoms with Gasteiger partial charge < -0.3 is 20.5 Å². The summed E-state index contributed by atoms with van der Waals surface area (Å²) < 4.78 is 10.4. The molecule has 1 aromatic rings. The van der Waals surface area contributed by atoms with Crippen LogP contribution in [0.25, 0.3) is 0 Å². The summed E-state index contributed by atoms with van der Waals surface area (Å²) in [6, 6.07) is 3.41. The number of nitrogens with two attached hydrogens (primary N) is 1. The SMILES string of the molecule is COc1cc(OC)c(NC(=O)CC2CCCCC2N)cc1Cl. The van der Waals surface area contributed by atoms with E-state index >= 15 is 0 Å². The number of amides is 1. The predicted octanol–water partition coefficient (Wildman–Crippen LogP) is 3.20. The molecule has 2 rings (SSSR count). The van der Waals surface area contributed by atoms with Gasteiger partial charge in [0.25, 0.3) is 0 Å². The molecule has 1 amide bonds. The highest BCUT2D eigenvalue weighted by Crippen LogP contribution is 2.36. The first-order chi connectivity index (χ1) is 10.5. The number of rotatable bonds is 5. The van der Waals surface area contributed by atoms with Gasteiger partial charge in [0.2, 0.25) is 5.91 Å². The van der Waals surface area contributed by atoms with Crippen LogP contribution in [0.4, 0.5) is 5.69 Å². The highest BCUT2D eigenvalue weighted by Gasteiger charge is 2.24. The summed E-state index contributed by atoms with van der Waals surface area (Å²) in [5, 5.41) is 3.29. The molecule has 1 aliphatic rings. The monoisotopic (exact) mass is 326 g/mol. The van der Waals surface area contributed by atoms with Crippen LogP contribution in [0.15, 0.2) is 12.1 Å². The van der Waals surface area contributed by atoms with Crippen LogP contribution in [-0.4, -0.2) is 26.2 Å². The van der Waals surface area contributed by atoms with E-state index in [1.54, 1.807) is 12.1 Å². The first-order valence-electron chi connectivity index (χ1n) is 7.52. The third-order valence-electron chi connectivity index (χ3n) is 4.16. The number of ether oxygens (including phenoxy) is 2. The topological polar surface area (TPSA) is 73.6 Å². The zero-order chi connectivity index (χ0) is 16.1. The summed E-state index contributed by atoms with van der Waals surface area (Å²) in [5.41, 5.74) is 6.64. The number of carbonyl (C=O) groups excluding carboxylic acids is 1. The largest absolute Gasteiger partial charge is 0.495 e. The molecule has 0 bridgehead atoms. The van der Waals surface area contributed by atoms with E-state index < -0.39 is 0 Å². The summed E-state index contributed by atoms with van der Waals surface area (Å²) in [5.74, 6) is 1.20. The molecule has 2 unspecified atom stereocenters. The Labute approximate surface area is 136 Å². The lowest BCUT2D eigenvalue weighted by atomic mass is 9.83. The van der Waals surface area contributed by atoms with Crippen molar-refractivity contribution < 1.29 is 14.3 Å². The third kappa shape index (κ3) is 4.05. The Morgan fingerprint density at radius 1 is 1.27 bits per heavy atom. The van der Waals surface area contributed by atoms with Crippen LogP contribution >= 0.6 is 11.6 Å². The normalized spacial score (nSPS) is 21.3. The molecule has 1 aliphatic carbocycles. The van der Waals surface area contributed by atoms with Gasteiger partial charge in [0, 0.05) is 18.5 Å². The fourth-order valence-electron chi connectivity index (χ4n) is 2.89. The molecule has 1 saturated carbocycles. The van der Waals surface area contributed by atoms with Crippen LogP contribution < -0.4 is 20.5 Å². The minimum atomic E-state index is -0.0677. The Kier molecular flexibility index (Phi) is 5.91. The van der Waals surface area contributed by atoms with Gasteiger partial charge in [-0.25, -0.2) is 0 Å². The molecule has 6 heteroatoms. The number of anilines is 1. The summed E-state index contributed by atoms with van der Waals surface area (Å²) in [6.07, 6.45) is 4.73. The molecular weight excluding hydrogens is 304 g/mol. The molecule has 0 saturated heterocycles. The second-order valence-electron chi connectivity index (χ2n) is 5.65. The van der Waals surface area contributed by atoms with Crippen molar-refractivity contribution in [2.45, 2.75) is 38.1 Å². The third-order valence-corrected chi connectivity index (χ3v) is 4.46. The van der Waals surface area contributed by atoms with E-state index in [0.717, 1.165) is 25.7 Å². The highest BCUT2D eigenvalue weighted by molar-refractivity contribution is 6.32. The van der Waals surface area contributed by atoms with Gasteiger partial charge in [0.1, 0.15) is 11.5 Å². The second-order valence-corrected chi connectivity index (χ2v) is 6.05. The van der Waals surface area contributed by atoms with Crippen LogP contribution in [-0.2, 0) is 4.79 Å². The molecule has 0 aliphatic heterocycles. The summed E-state index contributed by atoms with van der Waals surface area (Å²) in [7, 11) is 3.07. The van der Waals surface area contributed by atoms with E-state index in [1.807, 2.05) is 0 Å². The molecular formula is C16H23ClN2O3. The van der Waals surface area contributed by atoms with Crippen molar-refractivity contribution in [2.24, 2.45) is 11.7 Å². The maximum atomic E-state index is 12.3. The first kappa shape index (κ1) is 16.9. The lowest BCUT2D eigenvalue weighted by Crippen LogP contribution is -2.35. The van der Waals surface area contributed by atoms with Crippen LogP contribution in [0.1, 0.15) is 32.1 Å². The molecule has 122 valence electrons. The number of carbonyl (C=O) groups is 1. The Balaban J connectivity index is 2.06. The Morgan fingerprint density at radius 3 is 2.59 bits per heavy atom. The zero-order valence-electron chi connectivity index (χ0n) is 13.0. The van der Waals surface area contributed by atoms with Gasteiger partial charge >= 0.3 is 0 Å². The van der Waals surface area contributed by atoms with Gasteiger partial charge in [-0.3, -0.25) is 4.79 Å². The van der Waals surface area contributed by atoms with E-state index in [-0.39, 0.29) is 17.9 Å². The van der Waals surface area contributed by atoms with Gasteiger partial charge in [-0.05, 0) is 24.8 Å². The molecule has 2 atom stereocenters. The van der Waals surface area contributed by atoms with Crippen molar-refractivity contribution in [1.82, 2.24) is 0 Å². The second kappa shape index (κ2) is 7.70. The lowest BCUT2D eigenvalue weighted by molar-refractivity contribution is -0.117. The smallest absolute Gasteiger partial charge is 0.224 e. The number of hydrogen-bond acceptors (Lipinski definition) is 4. The molecule has 0 aromatic heterocycles. The van der Waals surface area contributed by atoms with Gasteiger partial charge in [0.15, 0.2) is 0 Å². The molecule has 5 nitrogen and oxygen atoms in total. The van der Waals surface area contributed by atoms with Crippen molar-refractivity contribution in [3.8, 4) is 11.5 Å².